The summed E-state index contributed by atoms with van der Waals surface area (Å²) in [5.74, 6) is 0. The van der Waals surface area contributed by atoms with Gasteiger partial charge in [-0.3, -0.25) is 5.32 Å². The lowest BCUT2D eigenvalue weighted by Gasteiger charge is -2.31. The molecule has 1 unspecified atom stereocenters. The lowest BCUT2D eigenvalue weighted by atomic mass is 10.0. The molecule has 104 valence electrons. The number of thiophene rings is 2. The number of halogens is 1. The maximum absolute atomic E-state index is 9.44. The fraction of sp³-hybridized carbons (Fsp3) is 0.385. The van der Waals surface area contributed by atoms with Gasteiger partial charge in [-0.1, -0.05) is 17.7 Å². The molecular formula is C13H16ClNO2S2. The summed E-state index contributed by atoms with van der Waals surface area (Å²) in [6.07, 6.45) is 0. The highest BCUT2D eigenvalue weighted by Gasteiger charge is 2.28. The molecular weight excluding hydrogens is 302 g/mol. The van der Waals surface area contributed by atoms with Crippen LogP contribution >= 0.6 is 34.3 Å². The Morgan fingerprint density at radius 1 is 1.26 bits per heavy atom. The van der Waals surface area contributed by atoms with E-state index in [-0.39, 0.29) is 19.3 Å². The van der Waals surface area contributed by atoms with Gasteiger partial charge < -0.3 is 10.2 Å². The molecule has 2 aromatic heterocycles. The maximum Gasteiger partial charge on any atom is 0.0931 e. The minimum absolute atomic E-state index is 0.0678. The average Bonchev–Trinajstić information content (AvgIpc) is 3.07. The first kappa shape index (κ1) is 15.0. The van der Waals surface area contributed by atoms with Gasteiger partial charge in [0.05, 0.1) is 29.1 Å². The molecule has 2 heterocycles. The average molecular weight is 318 g/mol. The Bertz CT molecular complexity index is 508. The largest absolute Gasteiger partial charge is 0.394 e. The van der Waals surface area contributed by atoms with Crippen LogP contribution in [0.2, 0.25) is 4.34 Å². The normalized spacial score (nSPS) is 13.7. The summed E-state index contributed by atoms with van der Waals surface area (Å²) in [6.45, 7) is 1.53. The Hall–Kier alpha value is -0.430. The first-order valence-corrected chi connectivity index (χ1v) is 7.93. The summed E-state index contributed by atoms with van der Waals surface area (Å²) in [5.41, 5.74) is -0.731. The van der Waals surface area contributed by atoms with Crippen LogP contribution in [0.15, 0.2) is 29.6 Å². The highest BCUT2D eigenvalue weighted by molar-refractivity contribution is 7.16. The Morgan fingerprint density at radius 2 is 2.00 bits per heavy atom. The maximum atomic E-state index is 9.44. The minimum Gasteiger partial charge on any atom is -0.394 e. The van der Waals surface area contributed by atoms with Crippen LogP contribution in [0, 0.1) is 0 Å². The van der Waals surface area contributed by atoms with E-state index in [1.165, 1.54) is 11.3 Å². The topological polar surface area (TPSA) is 52.5 Å². The van der Waals surface area contributed by atoms with Gasteiger partial charge in [0.1, 0.15) is 0 Å². The predicted octanol–water partition coefficient (Wildman–Crippen LogP) is 2.89. The number of aliphatic hydroxyl groups is 2. The van der Waals surface area contributed by atoms with Crippen LogP contribution in [0.3, 0.4) is 0 Å². The molecule has 19 heavy (non-hydrogen) atoms. The monoisotopic (exact) mass is 317 g/mol. The predicted molar refractivity (Wildman–Crippen MR) is 81.2 cm³/mol. The van der Waals surface area contributed by atoms with E-state index in [0.717, 1.165) is 14.1 Å². The van der Waals surface area contributed by atoms with Gasteiger partial charge in [0.2, 0.25) is 0 Å². The Labute approximate surface area is 125 Å². The SMILES string of the molecule is CC(CO)(CO)NC(c1cccs1)c1ccc(Cl)s1. The van der Waals surface area contributed by atoms with Crippen LogP contribution in [0.5, 0.6) is 0 Å². The number of aliphatic hydroxyl groups excluding tert-OH is 2. The molecule has 0 aromatic carbocycles. The fourth-order valence-corrected chi connectivity index (χ4v) is 3.71. The van der Waals surface area contributed by atoms with Crippen molar-refractivity contribution in [2.75, 3.05) is 13.2 Å². The van der Waals surface area contributed by atoms with Gasteiger partial charge in [0.15, 0.2) is 0 Å². The van der Waals surface area contributed by atoms with Gasteiger partial charge in [0.25, 0.3) is 0 Å². The molecule has 0 bridgehead atoms. The quantitative estimate of drug-likeness (QED) is 0.768. The van der Waals surface area contributed by atoms with E-state index in [0.29, 0.717) is 0 Å². The zero-order valence-corrected chi connectivity index (χ0v) is 12.9. The van der Waals surface area contributed by atoms with Gasteiger partial charge in [-0.25, -0.2) is 0 Å². The number of hydrogen-bond donors (Lipinski definition) is 3. The van der Waals surface area contributed by atoms with E-state index in [1.807, 2.05) is 29.6 Å². The van der Waals surface area contributed by atoms with Crippen LogP contribution in [0.25, 0.3) is 0 Å². The molecule has 0 radical (unpaired) electrons. The Balaban J connectivity index is 2.30. The van der Waals surface area contributed by atoms with Gasteiger partial charge in [0, 0.05) is 9.75 Å². The van der Waals surface area contributed by atoms with Crippen molar-refractivity contribution in [1.82, 2.24) is 5.32 Å². The molecule has 2 rings (SSSR count). The van der Waals surface area contributed by atoms with E-state index in [1.54, 1.807) is 18.3 Å². The van der Waals surface area contributed by atoms with Crippen molar-refractivity contribution in [1.29, 1.82) is 0 Å². The third kappa shape index (κ3) is 3.56. The molecule has 0 saturated carbocycles. The van der Waals surface area contributed by atoms with Crippen LogP contribution in [0.4, 0.5) is 0 Å². The molecule has 2 aromatic rings. The van der Waals surface area contributed by atoms with E-state index in [9.17, 15) is 10.2 Å². The smallest absolute Gasteiger partial charge is 0.0931 e. The molecule has 6 heteroatoms. The first-order valence-electron chi connectivity index (χ1n) is 5.86. The number of hydrogen-bond acceptors (Lipinski definition) is 5. The summed E-state index contributed by atoms with van der Waals surface area (Å²) < 4.78 is 0.730. The summed E-state index contributed by atoms with van der Waals surface area (Å²) in [5, 5.41) is 24.2. The van der Waals surface area contributed by atoms with Crippen molar-refractivity contribution < 1.29 is 10.2 Å². The molecule has 0 aliphatic rings. The van der Waals surface area contributed by atoms with Crippen LogP contribution in [-0.2, 0) is 0 Å². The van der Waals surface area contributed by atoms with Gasteiger partial charge in [-0.15, -0.1) is 22.7 Å². The van der Waals surface area contributed by atoms with E-state index >= 15 is 0 Å². The van der Waals surface area contributed by atoms with E-state index < -0.39 is 5.54 Å². The second-order valence-electron chi connectivity index (χ2n) is 4.61. The van der Waals surface area contributed by atoms with E-state index in [4.69, 9.17) is 11.6 Å². The third-order valence-corrected chi connectivity index (χ3v) is 5.13. The zero-order valence-electron chi connectivity index (χ0n) is 10.5. The van der Waals surface area contributed by atoms with Crippen molar-refractivity contribution in [3.63, 3.8) is 0 Å². The van der Waals surface area contributed by atoms with Crippen LogP contribution in [-0.4, -0.2) is 29.0 Å². The summed E-state index contributed by atoms with van der Waals surface area (Å²) in [6, 6.07) is 7.78. The molecule has 0 fully saturated rings. The van der Waals surface area contributed by atoms with Gasteiger partial charge in [-0.05, 0) is 30.5 Å². The van der Waals surface area contributed by atoms with Crippen LogP contribution in [0.1, 0.15) is 22.7 Å². The van der Waals surface area contributed by atoms with Crippen molar-refractivity contribution in [2.45, 2.75) is 18.5 Å². The standard InChI is InChI=1S/C13H16ClNO2S2/c1-13(7-16,8-17)15-12(9-3-2-6-18-9)10-4-5-11(14)19-10/h2-6,12,15-17H,7-8H2,1H3. The molecule has 3 N–H and O–H groups in total. The molecule has 0 amide bonds. The Morgan fingerprint density at radius 3 is 2.47 bits per heavy atom. The molecule has 1 atom stereocenters. The molecule has 0 aliphatic heterocycles. The fourth-order valence-electron chi connectivity index (χ4n) is 1.71. The number of nitrogens with one attached hydrogen (secondary N) is 1. The Kier molecular flexibility index (Phi) is 5.00. The molecule has 3 nitrogen and oxygen atoms in total. The minimum atomic E-state index is -0.731. The first-order chi connectivity index (χ1) is 9.08. The highest BCUT2D eigenvalue weighted by atomic mass is 35.5. The second kappa shape index (κ2) is 6.35. The number of rotatable bonds is 6. The highest BCUT2D eigenvalue weighted by Crippen LogP contribution is 2.34. The summed E-state index contributed by atoms with van der Waals surface area (Å²) in [4.78, 5) is 2.20. The van der Waals surface area contributed by atoms with Gasteiger partial charge >= 0.3 is 0 Å². The molecule has 0 spiro atoms. The van der Waals surface area contributed by atoms with Gasteiger partial charge in [-0.2, -0.15) is 0 Å². The second-order valence-corrected chi connectivity index (χ2v) is 7.34. The third-order valence-electron chi connectivity index (χ3n) is 2.90. The molecule has 0 saturated heterocycles. The summed E-state index contributed by atoms with van der Waals surface area (Å²) in [7, 11) is 0. The van der Waals surface area contributed by atoms with Crippen molar-refractivity contribution in [3.05, 3.63) is 43.7 Å². The lowest BCUT2D eigenvalue weighted by molar-refractivity contribution is 0.0985. The molecule has 0 aliphatic carbocycles. The van der Waals surface area contributed by atoms with E-state index in [2.05, 4.69) is 5.32 Å². The summed E-state index contributed by atoms with van der Waals surface area (Å²) >= 11 is 9.14. The van der Waals surface area contributed by atoms with Crippen LogP contribution < -0.4 is 5.32 Å². The van der Waals surface area contributed by atoms with Crippen molar-refractivity contribution in [3.8, 4) is 0 Å². The van der Waals surface area contributed by atoms with Crippen molar-refractivity contribution in [2.24, 2.45) is 0 Å². The zero-order chi connectivity index (χ0) is 13.9. The lowest BCUT2D eigenvalue weighted by Crippen LogP contribution is -2.50. The van der Waals surface area contributed by atoms with Crippen molar-refractivity contribution >= 4 is 34.3 Å².